The molecular formula is C25H37N7O. The molecule has 2 bridgehead atoms. The summed E-state index contributed by atoms with van der Waals surface area (Å²) in [5, 5.41) is 12.1. The maximum Gasteiger partial charge on any atom is 0.318 e. The van der Waals surface area contributed by atoms with Gasteiger partial charge in [-0.15, -0.1) is 0 Å². The van der Waals surface area contributed by atoms with Crippen LogP contribution in [0.3, 0.4) is 0 Å². The largest absolute Gasteiger partial charge is 0.338 e. The Hall–Kier alpha value is -2.40. The highest BCUT2D eigenvalue weighted by Gasteiger charge is 2.56. The minimum absolute atomic E-state index is 0.0384. The number of piperidine rings is 1. The smallest absolute Gasteiger partial charge is 0.318 e. The van der Waals surface area contributed by atoms with Gasteiger partial charge in [-0.2, -0.15) is 5.26 Å². The lowest BCUT2D eigenvalue weighted by Gasteiger charge is -2.63. The van der Waals surface area contributed by atoms with Crippen LogP contribution < -0.4 is 10.2 Å². The fourth-order valence-corrected chi connectivity index (χ4v) is 6.66. The number of amides is 2. The van der Waals surface area contributed by atoms with E-state index in [1.165, 1.54) is 51.7 Å². The molecule has 6 rings (SSSR count). The molecule has 2 atom stereocenters. The molecule has 2 saturated heterocycles. The van der Waals surface area contributed by atoms with E-state index < -0.39 is 0 Å². The van der Waals surface area contributed by atoms with Crippen molar-refractivity contribution in [2.45, 2.75) is 64.5 Å². The molecule has 3 aliphatic carbocycles. The predicted octanol–water partition coefficient (Wildman–Crippen LogP) is 2.86. The van der Waals surface area contributed by atoms with E-state index >= 15 is 0 Å². The van der Waals surface area contributed by atoms with E-state index in [0.717, 1.165) is 30.2 Å². The normalized spacial score (nSPS) is 32.0. The minimum atomic E-state index is 0.0384. The number of anilines is 1. The van der Waals surface area contributed by atoms with E-state index in [9.17, 15) is 4.79 Å². The topological polar surface area (TPSA) is 88.4 Å². The van der Waals surface area contributed by atoms with Crippen LogP contribution in [0.1, 0.15) is 57.9 Å². The van der Waals surface area contributed by atoms with Gasteiger partial charge in [0, 0.05) is 38.3 Å². The number of nitriles is 1. The summed E-state index contributed by atoms with van der Waals surface area (Å²) in [6.07, 6.45) is 11.2. The molecule has 0 aromatic carbocycles. The Morgan fingerprint density at radius 2 is 1.79 bits per heavy atom. The maximum absolute atomic E-state index is 13.0. The Morgan fingerprint density at radius 1 is 1.15 bits per heavy atom. The molecule has 8 nitrogen and oxygen atoms in total. The van der Waals surface area contributed by atoms with Gasteiger partial charge in [0.2, 0.25) is 5.95 Å². The molecule has 3 heterocycles. The molecule has 0 unspecified atom stereocenters. The molecular weight excluding hydrogens is 414 g/mol. The van der Waals surface area contributed by atoms with Gasteiger partial charge in [-0.3, -0.25) is 0 Å². The zero-order valence-electron chi connectivity index (χ0n) is 20.0. The number of rotatable bonds is 6. The van der Waals surface area contributed by atoms with Crippen molar-refractivity contribution >= 4 is 12.0 Å². The quantitative estimate of drug-likeness (QED) is 0.716. The van der Waals surface area contributed by atoms with E-state index in [0.29, 0.717) is 24.6 Å². The van der Waals surface area contributed by atoms with Crippen LogP contribution in [0.15, 0.2) is 12.4 Å². The average molecular weight is 452 g/mol. The highest BCUT2D eigenvalue weighted by Crippen LogP contribution is 2.64. The van der Waals surface area contributed by atoms with Crippen molar-refractivity contribution in [1.82, 2.24) is 25.1 Å². The van der Waals surface area contributed by atoms with Crippen molar-refractivity contribution in [2.75, 3.05) is 44.2 Å². The molecule has 1 aromatic heterocycles. The highest BCUT2D eigenvalue weighted by molar-refractivity contribution is 5.75. The molecule has 2 aliphatic heterocycles. The van der Waals surface area contributed by atoms with Crippen molar-refractivity contribution in [3.63, 3.8) is 0 Å². The fraction of sp³-hybridized carbons (Fsp3) is 0.760. The van der Waals surface area contributed by atoms with Crippen molar-refractivity contribution in [3.8, 4) is 6.07 Å². The van der Waals surface area contributed by atoms with Crippen molar-refractivity contribution < 1.29 is 4.79 Å². The number of nitrogens with one attached hydrogen (secondary N) is 1. The van der Waals surface area contributed by atoms with E-state index in [-0.39, 0.29) is 18.1 Å². The Bertz CT molecular complexity index is 860. The average Bonchev–Trinajstić information content (AvgIpc) is 2.76. The minimum Gasteiger partial charge on any atom is -0.338 e. The first kappa shape index (κ1) is 22.4. The first-order chi connectivity index (χ1) is 15.9. The number of likely N-dealkylation sites (tertiary alicyclic amines) is 1. The number of aromatic nitrogens is 2. The van der Waals surface area contributed by atoms with Gasteiger partial charge in [-0.05, 0) is 82.7 Å². The molecule has 5 fully saturated rings. The predicted molar refractivity (Wildman–Crippen MR) is 127 cm³/mol. The Morgan fingerprint density at radius 3 is 2.33 bits per heavy atom. The van der Waals surface area contributed by atoms with Crippen molar-refractivity contribution in [1.29, 1.82) is 5.26 Å². The van der Waals surface area contributed by atoms with Gasteiger partial charge in [0.25, 0.3) is 0 Å². The van der Waals surface area contributed by atoms with Crippen LogP contribution in [-0.2, 0) is 0 Å². The van der Waals surface area contributed by atoms with E-state index in [1.807, 2.05) is 4.90 Å². The second kappa shape index (κ2) is 9.09. The lowest BCUT2D eigenvalue weighted by Crippen LogP contribution is -2.61. The van der Waals surface area contributed by atoms with Gasteiger partial charge >= 0.3 is 6.03 Å². The Labute approximate surface area is 197 Å². The van der Waals surface area contributed by atoms with E-state index in [2.05, 4.69) is 45.0 Å². The summed E-state index contributed by atoms with van der Waals surface area (Å²) in [5.74, 6) is 2.42. The Balaban J connectivity index is 1.03. The van der Waals surface area contributed by atoms with Gasteiger partial charge in [-0.25, -0.2) is 14.8 Å². The number of hydrogen-bond acceptors (Lipinski definition) is 6. The third-order valence-corrected chi connectivity index (χ3v) is 8.46. The molecule has 0 radical (unpaired) electrons. The van der Waals surface area contributed by atoms with Crippen LogP contribution in [0.25, 0.3) is 0 Å². The number of piperazine rings is 1. The molecule has 8 heteroatoms. The molecule has 2 amide bonds. The van der Waals surface area contributed by atoms with Crippen molar-refractivity contribution in [2.24, 2.45) is 17.3 Å². The number of urea groups is 1. The molecule has 33 heavy (non-hydrogen) atoms. The van der Waals surface area contributed by atoms with Crippen molar-refractivity contribution in [3.05, 3.63) is 18.0 Å². The second-order valence-corrected chi connectivity index (χ2v) is 11.1. The first-order valence-electron chi connectivity index (χ1n) is 12.7. The van der Waals surface area contributed by atoms with Crippen LogP contribution in [0.5, 0.6) is 0 Å². The van der Waals surface area contributed by atoms with E-state index in [4.69, 9.17) is 5.26 Å². The van der Waals surface area contributed by atoms with Crippen LogP contribution in [0, 0.1) is 28.6 Å². The summed E-state index contributed by atoms with van der Waals surface area (Å²) in [6.45, 7) is 10.1. The SMILES string of the molecule is C[C@@H]1CN(c2ncc(C#N)cn2)C[C@H](C)N1C(=O)NCCC1CCN(CC23CC(C2)C3)CC1. The van der Waals surface area contributed by atoms with Gasteiger partial charge in [-0.1, -0.05) is 0 Å². The molecule has 3 saturated carbocycles. The molecule has 5 aliphatic rings. The van der Waals surface area contributed by atoms with Crippen LogP contribution >= 0.6 is 0 Å². The summed E-state index contributed by atoms with van der Waals surface area (Å²) >= 11 is 0. The standard InChI is InChI=1S/C25H37N7O/c1-18-15-31(23-28-13-22(12-26)14-29-23)16-19(2)32(18)24(33)27-6-3-20-4-7-30(8-5-20)17-25-9-21(10-25)11-25/h13-14,18-21H,3-11,15-17H2,1-2H3,(H,27,33)/t18-,19+,21?,25?. The molecule has 0 spiro atoms. The number of hydrogen-bond donors (Lipinski definition) is 1. The monoisotopic (exact) mass is 451 g/mol. The highest BCUT2D eigenvalue weighted by atomic mass is 16.2. The van der Waals surface area contributed by atoms with E-state index in [1.54, 1.807) is 12.4 Å². The third-order valence-electron chi connectivity index (χ3n) is 8.46. The van der Waals surface area contributed by atoms with Crippen LogP contribution in [-0.4, -0.2) is 77.2 Å². The molecule has 178 valence electrons. The van der Waals surface area contributed by atoms with Gasteiger partial charge < -0.3 is 20.0 Å². The lowest BCUT2D eigenvalue weighted by atomic mass is 9.44. The third kappa shape index (κ3) is 4.65. The lowest BCUT2D eigenvalue weighted by molar-refractivity contribution is -0.127. The first-order valence-corrected chi connectivity index (χ1v) is 12.7. The zero-order valence-corrected chi connectivity index (χ0v) is 20.0. The molecule has 1 N–H and O–H groups in total. The summed E-state index contributed by atoms with van der Waals surface area (Å²) in [5.41, 5.74) is 1.17. The van der Waals surface area contributed by atoms with Gasteiger partial charge in [0.1, 0.15) is 6.07 Å². The molecule has 1 aromatic rings. The van der Waals surface area contributed by atoms with Crippen LogP contribution in [0.4, 0.5) is 10.7 Å². The summed E-state index contributed by atoms with van der Waals surface area (Å²) in [7, 11) is 0. The number of carbonyl (C=O) groups is 1. The second-order valence-electron chi connectivity index (χ2n) is 11.1. The fourth-order valence-electron chi connectivity index (χ4n) is 6.66. The summed E-state index contributed by atoms with van der Waals surface area (Å²) in [4.78, 5) is 28.4. The Kier molecular flexibility index (Phi) is 6.17. The zero-order chi connectivity index (χ0) is 23.0. The maximum atomic E-state index is 13.0. The van der Waals surface area contributed by atoms with Gasteiger partial charge in [0.05, 0.1) is 18.0 Å². The van der Waals surface area contributed by atoms with Gasteiger partial charge in [0.15, 0.2) is 0 Å². The number of nitrogens with zero attached hydrogens (tertiary/aromatic N) is 6. The van der Waals surface area contributed by atoms with Crippen LogP contribution in [0.2, 0.25) is 0 Å². The summed E-state index contributed by atoms with van der Waals surface area (Å²) < 4.78 is 0. The number of carbonyl (C=O) groups excluding carboxylic acids is 1. The summed E-state index contributed by atoms with van der Waals surface area (Å²) in [6, 6.07) is 2.21.